The lowest BCUT2D eigenvalue weighted by molar-refractivity contribution is -0.168. The molecule has 120 valence electrons. The molecule has 3 rings (SSSR count). The van der Waals surface area contributed by atoms with E-state index in [4.69, 9.17) is 0 Å². The molecule has 1 fully saturated rings. The molecular formula is C15H18F3N3O. The lowest BCUT2D eigenvalue weighted by Crippen LogP contribution is -2.33. The van der Waals surface area contributed by atoms with Crippen molar-refractivity contribution in [1.29, 1.82) is 0 Å². The van der Waals surface area contributed by atoms with E-state index in [9.17, 15) is 18.0 Å². The van der Waals surface area contributed by atoms with Gasteiger partial charge in [-0.15, -0.1) is 0 Å². The summed E-state index contributed by atoms with van der Waals surface area (Å²) in [5.41, 5.74) is 1.96. The van der Waals surface area contributed by atoms with Gasteiger partial charge in [0.15, 0.2) is 11.6 Å². The predicted octanol–water partition coefficient (Wildman–Crippen LogP) is 3.17. The predicted molar refractivity (Wildman–Crippen MR) is 77.4 cm³/mol. The number of aromatic nitrogens is 1. The summed E-state index contributed by atoms with van der Waals surface area (Å²) in [4.78, 5) is 18.6. The van der Waals surface area contributed by atoms with E-state index in [-0.39, 0.29) is 5.69 Å². The number of aryl methyl sites for hydroxylation is 1. The molecular weight excluding hydrogens is 295 g/mol. The summed E-state index contributed by atoms with van der Waals surface area (Å²) < 4.78 is 37.8. The number of fused-ring (bicyclic) bond motifs is 4. The van der Waals surface area contributed by atoms with Crippen LogP contribution in [0.5, 0.6) is 0 Å². The number of carbonyl (C=O) groups is 1. The highest BCUT2D eigenvalue weighted by Crippen LogP contribution is 2.37. The second-order valence-electron chi connectivity index (χ2n) is 6.17. The molecule has 1 saturated heterocycles. The monoisotopic (exact) mass is 313 g/mol. The molecule has 0 aromatic carbocycles. The van der Waals surface area contributed by atoms with Gasteiger partial charge < -0.3 is 10.2 Å². The first-order valence-electron chi connectivity index (χ1n) is 7.38. The van der Waals surface area contributed by atoms with E-state index < -0.39 is 24.3 Å². The summed E-state index contributed by atoms with van der Waals surface area (Å²) in [6.07, 6.45) is -3.92. The van der Waals surface area contributed by atoms with Crippen molar-refractivity contribution in [2.45, 2.75) is 38.9 Å². The SMILES string of the molecule is Cc1cc(C(=O)CC(C)C(F)(F)F)nc2c1N1CC[C@@H](C1)N2. The molecule has 0 saturated carbocycles. The molecule has 1 N–H and O–H groups in total. The van der Waals surface area contributed by atoms with Crippen LogP contribution in [0.4, 0.5) is 24.7 Å². The van der Waals surface area contributed by atoms with Crippen molar-refractivity contribution in [3.05, 3.63) is 17.3 Å². The average molecular weight is 313 g/mol. The topological polar surface area (TPSA) is 45.2 Å². The third-order valence-corrected chi connectivity index (χ3v) is 4.36. The number of nitrogens with zero attached hydrogens (tertiary/aromatic N) is 2. The van der Waals surface area contributed by atoms with Crippen molar-refractivity contribution in [1.82, 2.24) is 4.98 Å². The summed E-state index contributed by atoms with van der Waals surface area (Å²) in [5, 5.41) is 3.28. The molecule has 2 bridgehead atoms. The maximum Gasteiger partial charge on any atom is 0.391 e. The number of ketones is 1. The van der Waals surface area contributed by atoms with Gasteiger partial charge in [-0.05, 0) is 25.0 Å². The summed E-state index contributed by atoms with van der Waals surface area (Å²) >= 11 is 0. The van der Waals surface area contributed by atoms with Gasteiger partial charge in [0.2, 0.25) is 0 Å². The van der Waals surface area contributed by atoms with Gasteiger partial charge in [0.25, 0.3) is 0 Å². The Balaban J connectivity index is 1.86. The molecule has 22 heavy (non-hydrogen) atoms. The van der Waals surface area contributed by atoms with Crippen molar-refractivity contribution in [2.24, 2.45) is 5.92 Å². The van der Waals surface area contributed by atoms with Crippen LogP contribution in [0.2, 0.25) is 0 Å². The van der Waals surface area contributed by atoms with Crippen LogP contribution in [-0.4, -0.2) is 36.1 Å². The van der Waals surface area contributed by atoms with Crippen LogP contribution in [0.25, 0.3) is 0 Å². The average Bonchev–Trinajstić information content (AvgIpc) is 2.78. The van der Waals surface area contributed by atoms with Crippen LogP contribution in [0.3, 0.4) is 0 Å². The maximum absolute atomic E-state index is 12.6. The first kappa shape index (κ1) is 15.1. The molecule has 0 aliphatic carbocycles. The van der Waals surface area contributed by atoms with Crippen LogP contribution in [-0.2, 0) is 0 Å². The molecule has 3 heterocycles. The van der Waals surface area contributed by atoms with E-state index >= 15 is 0 Å². The van der Waals surface area contributed by atoms with E-state index in [2.05, 4.69) is 15.2 Å². The van der Waals surface area contributed by atoms with Crippen molar-refractivity contribution in [2.75, 3.05) is 23.3 Å². The zero-order valence-corrected chi connectivity index (χ0v) is 12.5. The molecule has 1 unspecified atom stereocenters. The standard InChI is InChI=1S/C15H18F3N3O/c1-8-5-11(12(22)6-9(2)15(16,17)18)20-14-13(8)21-4-3-10(7-21)19-14/h5,9-10H,3-4,6-7H2,1-2H3,(H,19,20)/t9?,10-/m0/s1. The summed E-state index contributed by atoms with van der Waals surface area (Å²) in [6.45, 7) is 4.73. The Morgan fingerprint density at radius 1 is 1.55 bits per heavy atom. The number of anilines is 2. The molecule has 4 nitrogen and oxygen atoms in total. The molecule has 2 aliphatic rings. The number of nitrogens with one attached hydrogen (secondary N) is 1. The minimum absolute atomic E-state index is 0.113. The van der Waals surface area contributed by atoms with Crippen LogP contribution in [0.15, 0.2) is 6.07 Å². The molecule has 7 heteroatoms. The summed E-state index contributed by atoms with van der Waals surface area (Å²) in [7, 11) is 0. The lowest BCUT2D eigenvalue weighted by Gasteiger charge is -2.29. The first-order valence-corrected chi connectivity index (χ1v) is 7.38. The number of Topliss-reactive ketones (excluding diaryl/α,β-unsaturated/α-hetero) is 1. The van der Waals surface area contributed by atoms with E-state index in [0.717, 1.165) is 37.7 Å². The summed E-state index contributed by atoms with van der Waals surface area (Å²) in [6, 6.07) is 1.91. The highest BCUT2D eigenvalue weighted by atomic mass is 19.4. The second-order valence-corrected chi connectivity index (χ2v) is 6.17. The van der Waals surface area contributed by atoms with Crippen LogP contribution < -0.4 is 10.2 Å². The minimum atomic E-state index is -4.36. The maximum atomic E-state index is 12.6. The molecule has 1 aromatic rings. The van der Waals surface area contributed by atoms with Crippen molar-refractivity contribution < 1.29 is 18.0 Å². The number of halogens is 3. The van der Waals surface area contributed by atoms with E-state index in [0.29, 0.717) is 11.9 Å². The minimum Gasteiger partial charge on any atom is -0.366 e. The quantitative estimate of drug-likeness (QED) is 0.871. The Bertz CT molecular complexity index is 615. The Hall–Kier alpha value is -1.79. The van der Waals surface area contributed by atoms with Gasteiger partial charge >= 0.3 is 6.18 Å². The first-order chi connectivity index (χ1) is 10.3. The largest absolute Gasteiger partial charge is 0.391 e. The van der Waals surface area contributed by atoms with Gasteiger partial charge in [0, 0.05) is 25.6 Å². The van der Waals surface area contributed by atoms with E-state index in [1.165, 1.54) is 0 Å². The van der Waals surface area contributed by atoms with Crippen LogP contribution >= 0.6 is 0 Å². The normalized spacial score (nSPS) is 21.3. The molecule has 1 aromatic heterocycles. The van der Waals surface area contributed by atoms with Crippen LogP contribution in [0.1, 0.15) is 35.8 Å². The van der Waals surface area contributed by atoms with Gasteiger partial charge in [-0.25, -0.2) is 4.98 Å². The van der Waals surface area contributed by atoms with Gasteiger partial charge in [0.1, 0.15) is 5.69 Å². The fourth-order valence-electron chi connectivity index (χ4n) is 3.08. The third-order valence-electron chi connectivity index (χ3n) is 4.36. The van der Waals surface area contributed by atoms with E-state index in [1.807, 2.05) is 6.92 Å². The van der Waals surface area contributed by atoms with Crippen molar-refractivity contribution in [3.8, 4) is 0 Å². The van der Waals surface area contributed by atoms with Gasteiger partial charge in [-0.2, -0.15) is 13.2 Å². The third kappa shape index (κ3) is 2.64. The van der Waals surface area contributed by atoms with Crippen LogP contribution in [0, 0.1) is 12.8 Å². The zero-order chi connectivity index (χ0) is 16.1. The fourth-order valence-corrected chi connectivity index (χ4v) is 3.08. The van der Waals surface area contributed by atoms with Crippen molar-refractivity contribution in [3.63, 3.8) is 0 Å². The molecule has 0 radical (unpaired) electrons. The van der Waals surface area contributed by atoms with E-state index in [1.54, 1.807) is 6.07 Å². The summed E-state index contributed by atoms with van der Waals surface area (Å²) in [5.74, 6) is -1.60. The second kappa shape index (κ2) is 5.14. The zero-order valence-electron chi connectivity index (χ0n) is 12.5. The number of pyridine rings is 1. The Labute approximate surface area is 126 Å². The van der Waals surface area contributed by atoms with Gasteiger partial charge in [-0.3, -0.25) is 4.79 Å². The number of hydrogen-bond acceptors (Lipinski definition) is 4. The smallest absolute Gasteiger partial charge is 0.366 e. The highest BCUT2D eigenvalue weighted by Gasteiger charge is 2.38. The molecule has 2 atom stereocenters. The molecule has 2 aliphatic heterocycles. The van der Waals surface area contributed by atoms with Crippen molar-refractivity contribution >= 4 is 17.3 Å². The Morgan fingerprint density at radius 3 is 2.95 bits per heavy atom. The Morgan fingerprint density at radius 2 is 2.27 bits per heavy atom. The lowest BCUT2D eigenvalue weighted by atomic mass is 10.0. The molecule has 0 spiro atoms. The van der Waals surface area contributed by atoms with Gasteiger partial charge in [0.05, 0.1) is 11.6 Å². The Kier molecular flexibility index (Phi) is 3.53. The highest BCUT2D eigenvalue weighted by molar-refractivity contribution is 5.96. The number of alkyl halides is 3. The molecule has 0 amide bonds. The number of rotatable bonds is 3. The number of carbonyl (C=O) groups excluding carboxylic acids is 1. The fraction of sp³-hybridized carbons (Fsp3) is 0.600. The van der Waals surface area contributed by atoms with Gasteiger partial charge in [-0.1, -0.05) is 6.92 Å². The number of hydrogen-bond donors (Lipinski definition) is 1.